The van der Waals surface area contributed by atoms with Crippen LogP contribution in [0.5, 0.6) is 0 Å². The molecule has 0 unspecified atom stereocenters. The van der Waals surface area contributed by atoms with Gasteiger partial charge in [0.2, 0.25) is 0 Å². The number of hydrogen-bond acceptors (Lipinski definition) is 0. The topological polar surface area (TPSA) is 15.9 Å². The number of hydrazine groups is 1. The maximum absolute atomic E-state index is 15.6. The Balaban J connectivity index is 2.11. The van der Waals surface area contributed by atoms with E-state index in [0.29, 0.717) is 44.5 Å². The first-order valence-electron chi connectivity index (χ1n) is 9.72. The predicted molar refractivity (Wildman–Crippen MR) is 104 cm³/mol. The van der Waals surface area contributed by atoms with Crippen LogP contribution in [0.1, 0.15) is 58.9 Å². The fourth-order valence-electron chi connectivity index (χ4n) is 5.15. The third-order valence-corrected chi connectivity index (χ3v) is 6.53. The van der Waals surface area contributed by atoms with E-state index in [9.17, 15) is 0 Å². The molecule has 0 fully saturated rings. The third kappa shape index (κ3) is 2.03. The zero-order chi connectivity index (χ0) is 20.8. The van der Waals surface area contributed by atoms with Crippen molar-refractivity contribution < 1.29 is 26.5 Å². The second-order valence-electron chi connectivity index (χ2n) is 7.79. The summed E-state index contributed by atoms with van der Waals surface area (Å²) in [5.41, 5.74) is 4.01. The molecule has 0 amide bonds. The maximum atomic E-state index is 15.6. The monoisotopic (exact) mass is 394 g/mol. The van der Waals surface area contributed by atoms with Crippen LogP contribution in [0, 0.1) is 27.7 Å². The van der Waals surface area contributed by atoms with Gasteiger partial charge in [-0.1, -0.05) is 13.8 Å². The molecule has 4 nitrogen and oxygen atoms in total. The fraction of sp³-hybridized carbons (Fsp3) is 0.444. The number of hydrazone groups is 2. The summed E-state index contributed by atoms with van der Waals surface area (Å²) in [4.78, 5) is 0. The number of aromatic nitrogens is 2. The summed E-state index contributed by atoms with van der Waals surface area (Å²) in [7, 11) is 0. The smallest absolute Gasteiger partial charge is 0.386 e. The lowest BCUT2D eigenvalue weighted by Crippen LogP contribution is -2.66. The summed E-state index contributed by atoms with van der Waals surface area (Å²) in [5, 5.41) is 0. The van der Waals surface area contributed by atoms with Crippen molar-refractivity contribution in [2.24, 2.45) is 0 Å². The predicted octanol–water partition coefficient (Wildman–Crippen LogP) is 3.60. The highest BCUT2D eigenvalue weighted by Crippen LogP contribution is 2.36. The van der Waals surface area contributed by atoms with E-state index in [2.05, 4.69) is 0 Å². The minimum Gasteiger partial charge on any atom is -0.386 e. The standard InChI is InChI=1S/C18H24B2F4N4/c1-7-15-11(3)17-9-25-20(23,24)28-14(6)16(8-2)12(4)18(28)10-26(25)19(21,22)27(17)13(15)5/h9-10H,7-8H2,1-6H3. The molecule has 0 aliphatic carbocycles. The van der Waals surface area contributed by atoms with E-state index < -0.39 is 13.9 Å². The molecule has 28 heavy (non-hydrogen) atoms. The quantitative estimate of drug-likeness (QED) is 0.547. The first-order chi connectivity index (χ1) is 13.0. The normalized spacial score (nSPS) is 18.9. The highest BCUT2D eigenvalue weighted by Gasteiger charge is 2.65. The minimum atomic E-state index is -4.45. The molecular formula is C18H24B2F4N4. The highest BCUT2D eigenvalue weighted by atomic mass is 19.3. The molecule has 0 radical (unpaired) electrons. The maximum Gasteiger partial charge on any atom is 0.789 e. The van der Waals surface area contributed by atoms with Gasteiger partial charge in [-0.2, -0.15) is 0 Å². The van der Waals surface area contributed by atoms with Gasteiger partial charge in [0.15, 0.2) is 12.4 Å². The second kappa shape index (κ2) is 5.64. The summed E-state index contributed by atoms with van der Waals surface area (Å²) in [6.45, 7) is 1.59. The van der Waals surface area contributed by atoms with Crippen molar-refractivity contribution in [3.8, 4) is 0 Å². The Hall–Kier alpha value is -2.25. The molecular weight excluding hydrogens is 370 g/mol. The van der Waals surface area contributed by atoms with Crippen molar-refractivity contribution in [1.82, 2.24) is 8.96 Å². The SMILES string of the molecule is CCc1c(C)c2n(c1C)[B-](F)(F)[N+]1=Cc3c(C)c(CC)c(C)n3[B-](F)(F)[N+]1=C2. The van der Waals surface area contributed by atoms with E-state index in [-0.39, 0.29) is 11.4 Å². The Bertz CT molecular complexity index is 1010. The molecule has 2 aliphatic heterocycles. The zero-order valence-electron chi connectivity index (χ0n) is 17.0. The van der Waals surface area contributed by atoms with Crippen molar-refractivity contribution in [3.05, 3.63) is 45.0 Å². The van der Waals surface area contributed by atoms with E-state index in [0.717, 1.165) is 20.1 Å². The Morgan fingerprint density at radius 3 is 1.32 bits per heavy atom. The van der Waals surface area contributed by atoms with Crippen LogP contribution in [-0.2, 0) is 12.8 Å². The first kappa shape index (κ1) is 19.1. The Morgan fingerprint density at radius 2 is 1.04 bits per heavy atom. The van der Waals surface area contributed by atoms with Crippen molar-refractivity contribution in [2.45, 2.75) is 54.4 Å². The third-order valence-electron chi connectivity index (χ3n) is 6.53. The molecule has 2 aromatic heterocycles. The summed E-state index contributed by atoms with van der Waals surface area (Å²) in [6.07, 6.45) is 3.50. The van der Waals surface area contributed by atoms with Crippen LogP contribution in [0.3, 0.4) is 0 Å². The van der Waals surface area contributed by atoms with E-state index in [1.807, 2.05) is 13.8 Å². The lowest BCUT2D eigenvalue weighted by molar-refractivity contribution is -1.01. The van der Waals surface area contributed by atoms with Crippen LogP contribution >= 0.6 is 0 Å². The number of hydrogen-bond donors (Lipinski definition) is 0. The summed E-state index contributed by atoms with van der Waals surface area (Å²) >= 11 is 0. The van der Waals surface area contributed by atoms with Crippen LogP contribution in [-0.4, -0.2) is 44.5 Å². The van der Waals surface area contributed by atoms with Gasteiger partial charge < -0.3 is 26.2 Å². The summed E-state index contributed by atoms with van der Waals surface area (Å²) in [6, 6.07) is 0. The van der Waals surface area contributed by atoms with Crippen molar-refractivity contribution in [1.29, 1.82) is 0 Å². The lowest BCUT2D eigenvalue weighted by atomic mass is 9.88. The molecule has 0 saturated heterocycles. The first-order valence-corrected chi connectivity index (χ1v) is 9.72. The van der Waals surface area contributed by atoms with Gasteiger partial charge in [0.05, 0.1) is 11.4 Å². The van der Waals surface area contributed by atoms with Gasteiger partial charge in [-0.05, 0) is 74.2 Å². The van der Waals surface area contributed by atoms with E-state index in [1.165, 1.54) is 12.4 Å². The molecule has 4 heterocycles. The number of nitrogens with zero attached hydrogens (tertiary/aromatic N) is 4. The molecule has 0 atom stereocenters. The molecule has 0 spiro atoms. The molecule has 10 heteroatoms. The minimum absolute atomic E-state index is 0.159. The van der Waals surface area contributed by atoms with Crippen molar-refractivity contribution in [2.75, 3.05) is 0 Å². The largest absolute Gasteiger partial charge is 0.789 e. The molecule has 0 aromatic carbocycles. The van der Waals surface area contributed by atoms with Crippen LogP contribution in [0.25, 0.3) is 0 Å². The van der Waals surface area contributed by atoms with Gasteiger partial charge in [0, 0.05) is 0 Å². The molecule has 2 aliphatic rings. The summed E-state index contributed by atoms with van der Waals surface area (Å²) in [5.74, 6) is 0. The average Bonchev–Trinajstić information content (AvgIpc) is 3.00. The van der Waals surface area contributed by atoms with Gasteiger partial charge >= 0.3 is 13.9 Å². The number of rotatable bonds is 2. The van der Waals surface area contributed by atoms with E-state index in [1.54, 1.807) is 27.7 Å². The number of halogens is 4. The number of fused-ring (bicyclic) bond motifs is 3. The summed E-state index contributed by atoms with van der Waals surface area (Å²) < 4.78 is 65.2. The van der Waals surface area contributed by atoms with Gasteiger partial charge in [-0.3, -0.25) is 0 Å². The van der Waals surface area contributed by atoms with Crippen LogP contribution < -0.4 is 0 Å². The van der Waals surface area contributed by atoms with Gasteiger partial charge in [0.25, 0.3) is 0 Å². The van der Waals surface area contributed by atoms with Crippen molar-refractivity contribution in [3.63, 3.8) is 0 Å². The van der Waals surface area contributed by atoms with Crippen LogP contribution in [0.4, 0.5) is 17.3 Å². The molecule has 0 saturated carbocycles. The van der Waals surface area contributed by atoms with Gasteiger partial charge in [-0.15, -0.1) is 9.19 Å². The Labute approximate surface area is 161 Å². The van der Waals surface area contributed by atoms with Crippen molar-refractivity contribution >= 4 is 26.4 Å². The van der Waals surface area contributed by atoms with E-state index >= 15 is 17.3 Å². The molecule has 4 rings (SSSR count). The molecule has 2 aromatic rings. The highest BCUT2D eigenvalue weighted by molar-refractivity contribution is 6.61. The molecule has 150 valence electrons. The van der Waals surface area contributed by atoms with Gasteiger partial charge in [-0.25, -0.2) is 0 Å². The molecule has 0 N–H and O–H groups in total. The average molecular weight is 394 g/mol. The van der Waals surface area contributed by atoms with Crippen LogP contribution in [0.15, 0.2) is 0 Å². The zero-order valence-corrected chi connectivity index (χ0v) is 17.0. The Morgan fingerprint density at radius 1 is 0.714 bits per heavy atom. The van der Waals surface area contributed by atoms with E-state index in [4.69, 9.17) is 0 Å². The van der Waals surface area contributed by atoms with Crippen LogP contribution in [0.2, 0.25) is 0 Å². The fourth-order valence-corrected chi connectivity index (χ4v) is 5.15. The van der Waals surface area contributed by atoms with Gasteiger partial charge in [0.1, 0.15) is 0 Å². The molecule has 0 bridgehead atoms. The Kier molecular flexibility index (Phi) is 3.84. The lowest BCUT2D eigenvalue weighted by Gasteiger charge is -2.35. The second-order valence-corrected chi connectivity index (χ2v) is 7.79.